The Morgan fingerprint density at radius 3 is 2.50 bits per heavy atom. The van der Waals surface area contributed by atoms with E-state index in [1.165, 1.54) is 12.1 Å². The first kappa shape index (κ1) is 15.9. The Bertz CT molecular complexity index is 538. The van der Waals surface area contributed by atoms with E-state index in [2.05, 4.69) is 31.9 Å². The second-order valence-electron chi connectivity index (χ2n) is 3.61. The zero-order valence-corrected chi connectivity index (χ0v) is 11.7. The summed E-state index contributed by atoms with van der Waals surface area (Å²) in [6.07, 6.45) is 0. The van der Waals surface area contributed by atoms with Crippen LogP contribution in [0.1, 0.15) is 0 Å². The van der Waals surface area contributed by atoms with Crippen molar-refractivity contribution < 1.29 is 23.9 Å². The van der Waals surface area contributed by atoms with Gasteiger partial charge in [0, 0.05) is 5.69 Å². The molecule has 0 unspecified atom stereocenters. The smallest absolute Gasteiger partial charge is 0.322 e. The fourth-order valence-corrected chi connectivity index (χ4v) is 1.39. The predicted octanol–water partition coefficient (Wildman–Crippen LogP) is 0.910. The maximum atomic E-state index is 13.2. The van der Waals surface area contributed by atoms with Gasteiger partial charge in [-0.1, -0.05) is 0 Å². The molecular formula is C11H11BrFN3O4. The average Bonchev–Trinajstić information content (AvgIpc) is 2.38. The van der Waals surface area contributed by atoms with Gasteiger partial charge in [0.15, 0.2) is 0 Å². The minimum atomic E-state index is -1.19. The van der Waals surface area contributed by atoms with Crippen molar-refractivity contribution in [3.63, 3.8) is 0 Å². The minimum absolute atomic E-state index is 0.217. The van der Waals surface area contributed by atoms with Crippen molar-refractivity contribution in [2.24, 2.45) is 0 Å². The van der Waals surface area contributed by atoms with Crippen LogP contribution in [0, 0.1) is 5.82 Å². The van der Waals surface area contributed by atoms with Crippen LogP contribution in [0.5, 0.6) is 0 Å². The van der Waals surface area contributed by atoms with Gasteiger partial charge in [0.1, 0.15) is 12.4 Å². The number of carbonyl (C=O) groups is 3. The summed E-state index contributed by atoms with van der Waals surface area (Å²) < 4.78 is 13.4. The molecule has 0 aliphatic rings. The van der Waals surface area contributed by atoms with Crippen LogP contribution < -0.4 is 16.0 Å². The summed E-state index contributed by atoms with van der Waals surface area (Å²) in [4.78, 5) is 32.7. The quantitative estimate of drug-likeness (QED) is 0.634. The molecule has 0 aliphatic heterocycles. The minimum Gasteiger partial charge on any atom is -0.480 e. The van der Waals surface area contributed by atoms with E-state index >= 15 is 0 Å². The average molecular weight is 348 g/mol. The van der Waals surface area contributed by atoms with Gasteiger partial charge in [0.05, 0.1) is 11.0 Å². The number of carboxylic acid groups (broad SMARTS) is 1. The third kappa shape index (κ3) is 5.65. The van der Waals surface area contributed by atoms with E-state index < -0.39 is 36.8 Å². The molecular weight excluding hydrogens is 337 g/mol. The van der Waals surface area contributed by atoms with E-state index in [4.69, 9.17) is 5.11 Å². The van der Waals surface area contributed by atoms with Gasteiger partial charge in [0.25, 0.3) is 0 Å². The second kappa shape index (κ2) is 7.43. The second-order valence-corrected chi connectivity index (χ2v) is 4.46. The molecule has 0 aliphatic carbocycles. The molecule has 1 aromatic rings. The Hall–Kier alpha value is -2.16. The highest BCUT2D eigenvalue weighted by atomic mass is 79.9. The van der Waals surface area contributed by atoms with E-state index in [0.29, 0.717) is 0 Å². The van der Waals surface area contributed by atoms with E-state index in [9.17, 15) is 18.8 Å². The van der Waals surface area contributed by atoms with Crippen molar-refractivity contribution in [3.05, 3.63) is 28.5 Å². The van der Waals surface area contributed by atoms with Gasteiger partial charge >= 0.3 is 12.0 Å². The summed E-state index contributed by atoms with van der Waals surface area (Å²) in [7, 11) is 0. The first-order valence-corrected chi connectivity index (χ1v) is 6.16. The molecule has 108 valence electrons. The number of nitrogens with one attached hydrogen (secondary N) is 3. The number of hydrogen-bond donors (Lipinski definition) is 4. The number of carboxylic acids is 1. The number of anilines is 1. The van der Waals surface area contributed by atoms with Crippen molar-refractivity contribution in [1.82, 2.24) is 10.6 Å². The van der Waals surface area contributed by atoms with Gasteiger partial charge in [-0.05, 0) is 34.1 Å². The monoisotopic (exact) mass is 347 g/mol. The normalized spacial score (nSPS) is 9.70. The summed E-state index contributed by atoms with van der Waals surface area (Å²) in [5.41, 5.74) is 0.217. The molecule has 3 amide bonds. The zero-order valence-electron chi connectivity index (χ0n) is 10.1. The summed E-state index contributed by atoms with van der Waals surface area (Å²) >= 11 is 2.97. The van der Waals surface area contributed by atoms with Crippen LogP contribution in [0.3, 0.4) is 0 Å². The number of urea groups is 1. The van der Waals surface area contributed by atoms with Gasteiger partial charge in [-0.3, -0.25) is 9.59 Å². The zero-order chi connectivity index (χ0) is 15.1. The number of aliphatic carboxylic acids is 1. The van der Waals surface area contributed by atoms with Crippen LogP contribution in [-0.4, -0.2) is 36.1 Å². The summed E-state index contributed by atoms with van der Waals surface area (Å²) in [5.74, 6) is -2.38. The molecule has 0 aromatic heterocycles. The molecule has 0 radical (unpaired) electrons. The van der Waals surface area contributed by atoms with Crippen LogP contribution in [0.15, 0.2) is 22.7 Å². The summed E-state index contributed by atoms with van der Waals surface area (Å²) in [6.45, 7) is -0.918. The molecule has 0 bridgehead atoms. The lowest BCUT2D eigenvalue weighted by Gasteiger charge is -2.08. The third-order valence-corrected chi connectivity index (χ3v) is 2.67. The predicted molar refractivity (Wildman–Crippen MR) is 71.8 cm³/mol. The van der Waals surface area contributed by atoms with Crippen LogP contribution >= 0.6 is 15.9 Å². The van der Waals surface area contributed by atoms with Crippen LogP contribution in [0.2, 0.25) is 0 Å². The summed E-state index contributed by atoms with van der Waals surface area (Å²) in [5, 5.41) is 14.9. The number of carbonyl (C=O) groups excluding carboxylic acids is 2. The van der Waals surface area contributed by atoms with E-state index in [0.717, 1.165) is 6.07 Å². The van der Waals surface area contributed by atoms with Crippen LogP contribution in [-0.2, 0) is 9.59 Å². The Labute approximate surface area is 121 Å². The highest BCUT2D eigenvalue weighted by Crippen LogP contribution is 2.19. The molecule has 1 aromatic carbocycles. The topological polar surface area (TPSA) is 108 Å². The number of benzene rings is 1. The molecule has 0 saturated heterocycles. The van der Waals surface area contributed by atoms with Crippen molar-refractivity contribution >= 4 is 39.5 Å². The Morgan fingerprint density at radius 1 is 1.20 bits per heavy atom. The first-order valence-electron chi connectivity index (χ1n) is 5.37. The number of hydrogen-bond acceptors (Lipinski definition) is 3. The number of rotatable bonds is 5. The highest BCUT2D eigenvalue weighted by Gasteiger charge is 2.08. The number of halogens is 2. The molecule has 20 heavy (non-hydrogen) atoms. The van der Waals surface area contributed by atoms with Crippen molar-refractivity contribution in [3.8, 4) is 0 Å². The van der Waals surface area contributed by atoms with Gasteiger partial charge in [-0.2, -0.15) is 0 Å². The third-order valence-electron chi connectivity index (χ3n) is 2.02. The maximum Gasteiger partial charge on any atom is 0.322 e. The Kier molecular flexibility index (Phi) is 5.91. The largest absolute Gasteiger partial charge is 0.480 e. The Balaban J connectivity index is 2.38. The standard InChI is InChI=1S/C11H11BrFN3O4/c12-7-2-1-6(3-8(7)13)16-11(20)15-4-9(17)14-5-10(18)19/h1-3H,4-5H2,(H,14,17)(H,18,19)(H2,15,16,20). The lowest BCUT2D eigenvalue weighted by molar-refractivity contribution is -0.137. The van der Waals surface area contributed by atoms with Gasteiger partial charge in [-0.25, -0.2) is 9.18 Å². The molecule has 0 fully saturated rings. The fraction of sp³-hybridized carbons (Fsp3) is 0.182. The van der Waals surface area contributed by atoms with E-state index in [-0.39, 0.29) is 10.2 Å². The molecule has 0 atom stereocenters. The fourth-order valence-electron chi connectivity index (χ4n) is 1.15. The molecule has 0 heterocycles. The van der Waals surface area contributed by atoms with E-state index in [1.54, 1.807) is 0 Å². The SMILES string of the molecule is O=C(O)CNC(=O)CNC(=O)Nc1ccc(Br)c(F)c1. The van der Waals surface area contributed by atoms with Crippen molar-refractivity contribution in [1.29, 1.82) is 0 Å². The van der Waals surface area contributed by atoms with E-state index in [1.807, 2.05) is 0 Å². The van der Waals surface area contributed by atoms with Crippen molar-refractivity contribution in [2.45, 2.75) is 0 Å². The lowest BCUT2D eigenvalue weighted by atomic mass is 10.3. The molecule has 4 N–H and O–H groups in total. The molecule has 0 saturated carbocycles. The highest BCUT2D eigenvalue weighted by molar-refractivity contribution is 9.10. The lowest BCUT2D eigenvalue weighted by Crippen LogP contribution is -2.40. The Morgan fingerprint density at radius 2 is 1.90 bits per heavy atom. The molecule has 0 spiro atoms. The van der Waals surface area contributed by atoms with Gasteiger partial charge in [-0.15, -0.1) is 0 Å². The van der Waals surface area contributed by atoms with Crippen LogP contribution in [0.25, 0.3) is 0 Å². The summed E-state index contributed by atoms with van der Waals surface area (Å²) in [6, 6.07) is 3.29. The molecule has 9 heteroatoms. The maximum absolute atomic E-state index is 13.2. The van der Waals surface area contributed by atoms with Crippen molar-refractivity contribution in [2.75, 3.05) is 18.4 Å². The van der Waals surface area contributed by atoms with Crippen LogP contribution in [0.4, 0.5) is 14.9 Å². The molecule has 7 nitrogen and oxygen atoms in total. The van der Waals surface area contributed by atoms with Gasteiger partial charge < -0.3 is 21.1 Å². The molecule has 1 rings (SSSR count). The number of amides is 3. The first-order chi connectivity index (χ1) is 9.38. The van der Waals surface area contributed by atoms with Gasteiger partial charge in [0.2, 0.25) is 5.91 Å².